The smallest absolute Gasteiger partial charge is 0.178 e. The van der Waals surface area contributed by atoms with Crippen LogP contribution in [0.25, 0.3) is 16.6 Å². The van der Waals surface area contributed by atoms with Crippen molar-refractivity contribution in [1.82, 2.24) is 24.8 Å². The van der Waals surface area contributed by atoms with Crippen LogP contribution in [0, 0.1) is 6.92 Å². The van der Waals surface area contributed by atoms with Gasteiger partial charge in [-0.1, -0.05) is 18.2 Å². The largest absolute Gasteiger partial charge is 0.368 e. The first-order valence-electron chi connectivity index (χ1n) is 7.29. The van der Waals surface area contributed by atoms with Crippen LogP contribution in [0.4, 0.5) is 5.82 Å². The van der Waals surface area contributed by atoms with Gasteiger partial charge in [-0.3, -0.25) is 0 Å². The summed E-state index contributed by atoms with van der Waals surface area (Å²) in [5, 5.41) is 17.2. The van der Waals surface area contributed by atoms with Crippen molar-refractivity contribution in [2.24, 2.45) is 0 Å². The Labute approximate surface area is 127 Å². The standard InChI is InChI=1S/C16H16N6/c1-11-19-20-16-7-6-15(21-22(11)16)17-9-8-12-10-18-14-5-3-2-4-13(12)14/h2-7,10,18H,8-9H2,1H3,(H,17,21). The van der Waals surface area contributed by atoms with Crippen LogP contribution < -0.4 is 5.32 Å². The molecule has 0 saturated heterocycles. The highest BCUT2D eigenvalue weighted by Gasteiger charge is 2.05. The van der Waals surface area contributed by atoms with Gasteiger partial charge in [-0.25, -0.2) is 0 Å². The number of para-hydroxylation sites is 1. The van der Waals surface area contributed by atoms with E-state index in [-0.39, 0.29) is 0 Å². The number of aryl methyl sites for hydroxylation is 1. The van der Waals surface area contributed by atoms with Gasteiger partial charge >= 0.3 is 0 Å². The summed E-state index contributed by atoms with van der Waals surface area (Å²) in [6.07, 6.45) is 3.01. The van der Waals surface area contributed by atoms with E-state index in [2.05, 4.69) is 50.0 Å². The van der Waals surface area contributed by atoms with Crippen molar-refractivity contribution in [1.29, 1.82) is 0 Å². The first-order chi connectivity index (χ1) is 10.8. The summed E-state index contributed by atoms with van der Waals surface area (Å²) in [6, 6.07) is 12.2. The highest BCUT2D eigenvalue weighted by Crippen LogP contribution is 2.18. The lowest BCUT2D eigenvalue weighted by Crippen LogP contribution is -2.08. The highest BCUT2D eigenvalue weighted by molar-refractivity contribution is 5.83. The molecular weight excluding hydrogens is 276 g/mol. The van der Waals surface area contributed by atoms with Gasteiger partial charge in [0.05, 0.1) is 0 Å². The van der Waals surface area contributed by atoms with Gasteiger partial charge in [0.25, 0.3) is 0 Å². The molecule has 0 bridgehead atoms. The monoisotopic (exact) mass is 292 g/mol. The number of hydrogen-bond acceptors (Lipinski definition) is 4. The molecule has 0 saturated carbocycles. The number of aromatic amines is 1. The lowest BCUT2D eigenvalue weighted by molar-refractivity contribution is 0.868. The molecule has 0 spiro atoms. The molecule has 3 aromatic heterocycles. The van der Waals surface area contributed by atoms with E-state index in [0.717, 1.165) is 30.3 Å². The number of H-pyrrole nitrogens is 1. The number of fused-ring (bicyclic) bond motifs is 2. The van der Waals surface area contributed by atoms with Gasteiger partial charge in [-0.15, -0.1) is 15.3 Å². The predicted molar refractivity (Wildman–Crippen MR) is 86.0 cm³/mol. The maximum absolute atomic E-state index is 4.49. The third kappa shape index (κ3) is 2.18. The Bertz CT molecular complexity index is 936. The van der Waals surface area contributed by atoms with Crippen LogP contribution in [0.5, 0.6) is 0 Å². The van der Waals surface area contributed by atoms with Crippen LogP contribution in [0.1, 0.15) is 11.4 Å². The fourth-order valence-electron chi connectivity index (χ4n) is 2.65. The van der Waals surface area contributed by atoms with Gasteiger partial charge in [0.1, 0.15) is 5.82 Å². The van der Waals surface area contributed by atoms with Gasteiger partial charge in [0.2, 0.25) is 0 Å². The van der Waals surface area contributed by atoms with E-state index in [1.807, 2.05) is 25.1 Å². The molecule has 0 aliphatic carbocycles. The summed E-state index contributed by atoms with van der Waals surface area (Å²) in [6.45, 7) is 2.71. The zero-order chi connectivity index (χ0) is 14.9. The van der Waals surface area contributed by atoms with Crippen molar-refractivity contribution in [2.75, 3.05) is 11.9 Å². The number of nitrogens with zero attached hydrogens (tertiary/aromatic N) is 4. The minimum absolute atomic E-state index is 0.764. The van der Waals surface area contributed by atoms with E-state index < -0.39 is 0 Å². The molecule has 3 heterocycles. The van der Waals surface area contributed by atoms with E-state index in [4.69, 9.17) is 0 Å². The molecule has 6 nitrogen and oxygen atoms in total. The summed E-state index contributed by atoms with van der Waals surface area (Å²) in [5.74, 6) is 1.62. The molecule has 0 unspecified atom stereocenters. The molecule has 4 rings (SSSR count). The highest BCUT2D eigenvalue weighted by atomic mass is 15.4. The molecule has 4 aromatic rings. The summed E-state index contributed by atoms with van der Waals surface area (Å²) in [4.78, 5) is 3.30. The lowest BCUT2D eigenvalue weighted by Gasteiger charge is -2.05. The summed E-state index contributed by atoms with van der Waals surface area (Å²) < 4.78 is 1.74. The van der Waals surface area contributed by atoms with Crippen LogP contribution in [0.15, 0.2) is 42.6 Å². The van der Waals surface area contributed by atoms with Gasteiger partial charge in [-0.2, -0.15) is 4.52 Å². The topological polar surface area (TPSA) is 70.9 Å². The molecule has 22 heavy (non-hydrogen) atoms. The van der Waals surface area contributed by atoms with Crippen molar-refractivity contribution < 1.29 is 0 Å². The molecule has 0 aliphatic heterocycles. The van der Waals surface area contributed by atoms with E-state index in [1.54, 1.807) is 4.52 Å². The van der Waals surface area contributed by atoms with Gasteiger partial charge in [0, 0.05) is 23.6 Å². The predicted octanol–water partition coefficient (Wildman–Crippen LogP) is 2.57. The molecule has 1 aromatic carbocycles. The molecular formula is C16H16N6. The molecule has 6 heteroatoms. The lowest BCUT2D eigenvalue weighted by atomic mass is 10.1. The Kier molecular flexibility index (Phi) is 3.00. The summed E-state index contributed by atoms with van der Waals surface area (Å²) in [5.41, 5.74) is 3.25. The molecule has 0 radical (unpaired) electrons. The van der Waals surface area contributed by atoms with E-state index >= 15 is 0 Å². The van der Waals surface area contributed by atoms with Crippen LogP contribution in [-0.4, -0.2) is 31.3 Å². The molecule has 0 atom stereocenters. The second kappa shape index (κ2) is 5.14. The van der Waals surface area contributed by atoms with Gasteiger partial charge in [0.15, 0.2) is 11.5 Å². The van der Waals surface area contributed by atoms with Crippen molar-refractivity contribution >= 4 is 22.4 Å². The zero-order valence-corrected chi connectivity index (χ0v) is 12.2. The third-order valence-corrected chi connectivity index (χ3v) is 3.79. The Morgan fingerprint density at radius 1 is 1.14 bits per heavy atom. The second-order valence-electron chi connectivity index (χ2n) is 5.27. The van der Waals surface area contributed by atoms with Crippen molar-refractivity contribution in [2.45, 2.75) is 13.3 Å². The molecule has 2 N–H and O–H groups in total. The summed E-state index contributed by atoms with van der Waals surface area (Å²) >= 11 is 0. The van der Waals surface area contributed by atoms with Crippen LogP contribution in [-0.2, 0) is 6.42 Å². The molecule has 0 fully saturated rings. The normalized spacial score (nSPS) is 11.3. The van der Waals surface area contributed by atoms with E-state index in [0.29, 0.717) is 0 Å². The van der Waals surface area contributed by atoms with Gasteiger partial charge in [-0.05, 0) is 37.1 Å². The SMILES string of the molecule is Cc1nnc2ccc(NCCc3c[nH]c4ccccc34)nn12. The third-order valence-electron chi connectivity index (χ3n) is 3.79. The first-order valence-corrected chi connectivity index (χ1v) is 7.29. The summed E-state index contributed by atoms with van der Waals surface area (Å²) in [7, 11) is 0. The van der Waals surface area contributed by atoms with E-state index in [9.17, 15) is 0 Å². The zero-order valence-electron chi connectivity index (χ0n) is 12.2. The minimum Gasteiger partial charge on any atom is -0.368 e. The minimum atomic E-state index is 0.764. The average molecular weight is 292 g/mol. The van der Waals surface area contributed by atoms with Crippen molar-refractivity contribution in [3.63, 3.8) is 0 Å². The van der Waals surface area contributed by atoms with Crippen LogP contribution in [0.2, 0.25) is 0 Å². The van der Waals surface area contributed by atoms with Crippen LogP contribution in [0.3, 0.4) is 0 Å². The van der Waals surface area contributed by atoms with Gasteiger partial charge < -0.3 is 10.3 Å². The number of rotatable bonds is 4. The maximum atomic E-state index is 4.49. The fourth-order valence-corrected chi connectivity index (χ4v) is 2.65. The number of hydrogen-bond donors (Lipinski definition) is 2. The van der Waals surface area contributed by atoms with Crippen molar-refractivity contribution in [3.05, 3.63) is 54.0 Å². The fraction of sp³-hybridized carbons (Fsp3) is 0.188. The quantitative estimate of drug-likeness (QED) is 0.606. The number of aromatic nitrogens is 5. The molecule has 110 valence electrons. The Morgan fingerprint density at radius 3 is 3.00 bits per heavy atom. The Hall–Kier alpha value is -2.89. The number of benzene rings is 1. The second-order valence-corrected chi connectivity index (χ2v) is 5.27. The molecule has 0 amide bonds. The van der Waals surface area contributed by atoms with Crippen molar-refractivity contribution in [3.8, 4) is 0 Å². The maximum Gasteiger partial charge on any atom is 0.178 e. The molecule has 0 aliphatic rings. The number of anilines is 1. The van der Waals surface area contributed by atoms with Crippen LogP contribution >= 0.6 is 0 Å². The number of nitrogens with one attached hydrogen (secondary N) is 2. The Balaban J connectivity index is 1.48. The van der Waals surface area contributed by atoms with E-state index in [1.165, 1.54) is 16.5 Å². The Morgan fingerprint density at radius 2 is 2.05 bits per heavy atom. The first kappa shape index (κ1) is 12.8. The average Bonchev–Trinajstić information content (AvgIpc) is 3.12.